The number of nitrogens with zero attached hydrogens (tertiary/aromatic N) is 1. The lowest BCUT2D eigenvalue weighted by Gasteiger charge is -2.21. The van der Waals surface area contributed by atoms with E-state index < -0.39 is 18.7 Å². The van der Waals surface area contributed by atoms with E-state index >= 15 is 0 Å². The lowest BCUT2D eigenvalue weighted by molar-refractivity contribution is -0.0515. The quantitative estimate of drug-likeness (QED) is 0.266. The second-order valence-electron chi connectivity index (χ2n) is 8.41. The Morgan fingerprint density at radius 1 is 1.08 bits per heavy atom. The number of methoxy groups -OCH3 is 1. The summed E-state index contributed by atoms with van der Waals surface area (Å²) in [5, 5.41) is 10.6. The van der Waals surface area contributed by atoms with E-state index in [4.69, 9.17) is 37.4 Å². The number of aromatic nitrogens is 1. The Labute approximate surface area is 221 Å². The van der Waals surface area contributed by atoms with Gasteiger partial charge in [0.25, 0.3) is 0 Å². The van der Waals surface area contributed by atoms with E-state index in [1.807, 2.05) is 0 Å². The average molecular weight is 554 g/mol. The number of carbonyl (C=O) groups is 1. The number of hydrogen-bond donors (Lipinski definition) is 1. The average Bonchev–Trinajstić information content (AvgIpc) is 3.69. The van der Waals surface area contributed by atoms with Crippen LogP contribution in [0.25, 0.3) is 0 Å². The van der Waals surface area contributed by atoms with Crippen molar-refractivity contribution in [2.24, 2.45) is 5.92 Å². The van der Waals surface area contributed by atoms with Crippen molar-refractivity contribution in [2.75, 3.05) is 13.7 Å². The number of hydrogen-bond acceptors (Lipinski definition) is 7. The van der Waals surface area contributed by atoms with Crippen LogP contribution in [0.15, 0.2) is 48.8 Å². The summed E-state index contributed by atoms with van der Waals surface area (Å²) >= 11 is 12.6. The number of alkyl halides is 2. The molecule has 0 aliphatic heterocycles. The number of carbonyl (C=O) groups excluding carboxylic acids is 1. The smallest absolute Gasteiger partial charge is 0.387 e. The Hall–Kier alpha value is -3.30. The minimum Gasteiger partial charge on any atom is -0.504 e. The van der Waals surface area contributed by atoms with Crippen LogP contribution in [-0.2, 0) is 11.2 Å². The van der Waals surface area contributed by atoms with E-state index in [9.17, 15) is 18.7 Å². The fourth-order valence-corrected chi connectivity index (χ4v) is 4.10. The van der Waals surface area contributed by atoms with Gasteiger partial charge in [-0.2, -0.15) is 8.78 Å². The normalized spacial score (nSPS) is 13.8. The van der Waals surface area contributed by atoms with Gasteiger partial charge in [0.2, 0.25) is 0 Å². The molecule has 0 bridgehead atoms. The second-order valence-corrected chi connectivity index (χ2v) is 9.22. The molecule has 1 aliphatic carbocycles. The monoisotopic (exact) mass is 553 g/mol. The molecule has 0 saturated heterocycles. The standard InChI is InChI=1S/C26H23Cl2F2NO6/c1-34-21-6-5-16(8-20(21)32)25(33)36-23(10-17-18(27)11-31-12-19(17)28)15-4-7-22(37-26(29)30)24(9-15)35-13-14-2-3-14/h4-9,11-12,14,23,26,32H,2-3,10,13H2,1H3/t23-/m0/s1. The molecule has 0 unspecified atom stereocenters. The highest BCUT2D eigenvalue weighted by atomic mass is 35.5. The van der Waals surface area contributed by atoms with E-state index in [-0.39, 0.29) is 45.0 Å². The number of halogens is 4. The zero-order valence-electron chi connectivity index (χ0n) is 19.6. The molecule has 7 nitrogen and oxygen atoms in total. The van der Waals surface area contributed by atoms with Crippen LogP contribution in [0.1, 0.15) is 40.4 Å². The Kier molecular flexibility index (Phi) is 8.56. The summed E-state index contributed by atoms with van der Waals surface area (Å²) < 4.78 is 47.2. The fraction of sp³-hybridized carbons (Fsp3) is 0.308. The molecule has 11 heteroatoms. The summed E-state index contributed by atoms with van der Waals surface area (Å²) in [5.41, 5.74) is 0.975. The highest BCUT2D eigenvalue weighted by molar-refractivity contribution is 6.35. The first-order chi connectivity index (χ1) is 17.7. The largest absolute Gasteiger partial charge is 0.504 e. The van der Waals surface area contributed by atoms with Crippen molar-refractivity contribution in [3.05, 3.63) is 75.5 Å². The zero-order chi connectivity index (χ0) is 26.5. The SMILES string of the molecule is COc1ccc(C(=O)O[C@@H](Cc2c(Cl)cncc2Cl)c2ccc(OC(F)F)c(OCC3CC3)c2)cc1O. The highest BCUT2D eigenvalue weighted by Gasteiger charge is 2.26. The lowest BCUT2D eigenvalue weighted by atomic mass is 10.0. The van der Waals surface area contributed by atoms with Gasteiger partial charge in [0, 0.05) is 18.8 Å². The van der Waals surface area contributed by atoms with Crippen LogP contribution >= 0.6 is 23.2 Å². The van der Waals surface area contributed by atoms with Crippen molar-refractivity contribution in [1.29, 1.82) is 0 Å². The van der Waals surface area contributed by atoms with Crippen molar-refractivity contribution in [2.45, 2.75) is 32.0 Å². The van der Waals surface area contributed by atoms with Gasteiger partial charge in [0.15, 0.2) is 23.0 Å². The van der Waals surface area contributed by atoms with E-state index in [1.54, 1.807) is 0 Å². The molecule has 0 spiro atoms. The maximum Gasteiger partial charge on any atom is 0.387 e. The number of rotatable bonds is 11. The third-order valence-electron chi connectivity index (χ3n) is 5.73. The Balaban J connectivity index is 1.68. The van der Waals surface area contributed by atoms with E-state index in [0.29, 0.717) is 23.7 Å². The molecule has 3 aromatic rings. The van der Waals surface area contributed by atoms with Crippen LogP contribution in [-0.4, -0.2) is 36.4 Å². The number of benzene rings is 2. The lowest BCUT2D eigenvalue weighted by Crippen LogP contribution is -2.15. The van der Waals surface area contributed by atoms with Crippen molar-refractivity contribution in [3.63, 3.8) is 0 Å². The van der Waals surface area contributed by atoms with E-state index in [0.717, 1.165) is 12.8 Å². The van der Waals surface area contributed by atoms with Gasteiger partial charge in [-0.15, -0.1) is 0 Å². The van der Waals surface area contributed by atoms with Gasteiger partial charge in [-0.05, 0) is 60.2 Å². The van der Waals surface area contributed by atoms with Crippen LogP contribution < -0.4 is 14.2 Å². The van der Waals surface area contributed by atoms with Gasteiger partial charge >= 0.3 is 12.6 Å². The first-order valence-corrected chi connectivity index (χ1v) is 12.1. The molecule has 1 fully saturated rings. The van der Waals surface area contributed by atoms with Crippen LogP contribution in [0, 0.1) is 5.92 Å². The predicted octanol–water partition coefficient (Wildman–Crippen LogP) is 6.63. The molecule has 1 atom stereocenters. The molecule has 0 amide bonds. The van der Waals surface area contributed by atoms with Gasteiger partial charge in [0.1, 0.15) is 6.10 Å². The van der Waals surface area contributed by atoms with Crippen LogP contribution in [0.4, 0.5) is 8.78 Å². The fourth-order valence-electron chi connectivity index (χ4n) is 3.58. The minimum atomic E-state index is -3.04. The minimum absolute atomic E-state index is 0.0468. The molecule has 4 rings (SSSR count). The number of ether oxygens (including phenoxy) is 4. The number of phenols is 1. The molecule has 37 heavy (non-hydrogen) atoms. The topological polar surface area (TPSA) is 87.1 Å². The van der Waals surface area contributed by atoms with E-state index in [2.05, 4.69) is 9.72 Å². The van der Waals surface area contributed by atoms with Gasteiger partial charge in [-0.3, -0.25) is 4.98 Å². The highest BCUT2D eigenvalue weighted by Crippen LogP contribution is 2.38. The van der Waals surface area contributed by atoms with Crippen molar-refractivity contribution >= 4 is 29.2 Å². The zero-order valence-corrected chi connectivity index (χ0v) is 21.1. The molecule has 1 N–H and O–H groups in total. The summed E-state index contributed by atoms with van der Waals surface area (Å²) in [7, 11) is 1.38. The molecule has 0 radical (unpaired) electrons. The Morgan fingerprint density at radius 2 is 1.78 bits per heavy atom. The summed E-state index contributed by atoms with van der Waals surface area (Å²) in [4.78, 5) is 17.0. The molecule has 1 heterocycles. The predicted molar refractivity (Wildman–Crippen MR) is 132 cm³/mol. The summed E-state index contributed by atoms with van der Waals surface area (Å²) in [6.45, 7) is -2.69. The molecular formula is C26H23Cl2F2NO6. The molecule has 1 aliphatic rings. The van der Waals surface area contributed by atoms with Gasteiger partial charge < -0.3 is 24.1 Å². The first kappa shape index (κ1) is 26.8. The van der Waals surface area contributed by atoms with Crippen LogP contribution in [0.5, 0.6) is 23.0 Å². The molecule has 196 valence electrons. The molecule has 1 aromatic heterocycles. The van der Waals surface area contributed by atoms with Crippen LogP contribution in [0.3, 0.4) is 0 Å². The third kappa shape index (κ3) is 6.93. The van der Waals surface area contributed by atoms with Crippen molar-refractivity contribution in [1.82, 2.24) is 4.98 Å². The molecule has 2 aromatic carbocycles. The first-order valence-electron chi connectivity index (χ1n) is 11.3. The van der Waals surface area contributed by atoms with Gasteiger partial charge in [-0.1, -0.05) is 29.3 Å². The maximum absolute atomic E-state index is 13.1. The number of phenolic OH excluding ortho intramolecular Hbond substituents is 1. The number of esters is 1. The summed E-state index contributed by atoms with van der Waals surface area (Å²) in [6, 6.07) is 8.40. The Bertz CT molecular complexity index is 1250. The summed E-state index contributed by atoms with van der Waals surface area (Å²) in [5.74, 6) is -0.482. The van der Waals surface area contributed by atoms with Gasteiger partial charge in [-0.25, -0.2) is 4.79 Å². The van der Waals surface area contributed by atoms with Crippen molar-refractivity contribution < 1.29 is 37.6 Å². The second kappa shape index (κ2) is 11.8. The Morgan fingerprint density at radius 3 is 2.41 bits per heavy atom. The third-order valence-corrected chi connectivity index (χ3v) is 6.38. The van der Waals surface area contributed by atoms with Gasteiger partial charge in [0.05, 0.1) is 29.3 Å². The van der Waals surface area contributed by atoms with E-state index in [1.165, 1.54) is 55.9 Å². The number of aromatic hydroxyl groups is 1. The molecule has 1 saturated carbocycles. The van der Waals surface area contributed by atoms with Crippen molar-refractivity contribution in [3.8, 4) is 23.0 Å². The summed E-state index contributed by atoms with van der Waals surface area (Å²) in [6.07, 6.45) is 3.90. The van der Waals surface area contributed by atoms with Crippen LogP contribution in [0.2, 0.25) is 10.0 Å². The maximum atomic E-state index is 13.1. The number of pyridine rings is 1. The molecular weight excluding hydrogens is 531 g/mol.